The van der Waals surface area contributed by atoms with Crippen LogP contribution in [0.3, 0.4) is 0 Å². The summed E-state index contributed by atoms with van der Waals surface area (Å²) in [4.78, 5) is 0. The lowest BCUT2D eigenvalue weighted by Crippen LogP contribution is -1.83. The number of hydrogen-bond acceptors (Lipinski definition) is 2. The van der Waals surface area contributed by atoms with Crippen LogP contribution in [0.25, 0.3) is 11.1 Å². The van der Waals surface area contributed by atoms with Gasteiger partial charge in [-0.25, -0.2) is 0 Å². The highest BCUT2D eigenvalue weighted by molar-refractivity contribution is 5.74. The van der Waals surface area contributed by atoms with Crippen molar-refractivity contribution in [1.29, 1.82) is 0 Å². The molecule has 2 aromatic carbocycles. The van der Waals surface area contributed by atoms with Crippen LogP contribution >= 0.6 is 0 Å². The molecule has 0 aliphatic rings. The van der Waals surface area contributed by atoms with Crippen LogP contribution in [0, 0.1) is 13.8 Å². The summed E-state index contributed by atoms with van der Waals surface area (Å²) in [5.41, 5.74) is 3.66. The molecule has 2 heteroatoms. The summed E-state index contributed by atoms with van der Waals surface area (Å²) in [6.07, 6.45) is 0. The largest absolute Gasteiger partial charge is 0.504 e. The molecule has 2 N–H and O–H groups in total. The molecule has 0 aliphatic carbocycles. The van der Waals surface area contributed by atoms with Gasteiger partial charge in [-0.15, -0.1) is 0 Å². The fourth-order valence-electron chi connectivity index (χ4n) is 1.71. The Hall–Kier alpha value is -1.96. The minimum atomic E-state index is -0.0735. The summed E-state index contributed by atoms with van der Waals surface area (Å²) in [6, 6.07) is 11.2. The number of benzene rings is 2. The lowest BCUT2D eigenvalue weighted by Gasteiger charge is -2.08. The Morgan fingerprint density at radius 1 is 0.812 bits per heavy atom. The first-order chi connectivity index (χ1) is 7.58. The summed E-state index contributed by atoms with van der Waals surface area (Å²) in [6.45, 7) is 3.90. The van der Waals surface area contributed by atoms with Gasteiger partial charge < -0.3 is 10.2 Å². The third kappa shape index (κ3) is 1.87. The van der Waals surface area contributed by atoms with Gasteiger partial charge in [-0.05, 0) is 37.1 Å². The Labute approximate surface area is 94.8 Å². The average Bonchev–Trinajstić information content (AvgIpc) is 2.25. The molecule has 0 spiro atoms. The molecular formula is C14H14O2. The molecule has 2 nitrogen and oxygen atoms in total. The lowest BCUT2D eigenvalue weighted by molar-refractivity contribution is 0.405. The predicted molar refractivity (Wildman–Crippen MR) is 64.7 cm³/mol. The van der Waals surface area contributed by atoms with Crippen LogP contribution in [-0.2, 0) is 0 Å². The van der Waals surface area contributed by atoms with Crippen molar-refractivity contribution in [2.24, 2.45) is 0 Å². The Morgan fingerprint density at radius 3 is 2.06 bits per heavy atom. The van der Waals surface area contributed by atoms with Crippen LogP contribution in [0.1, 0.15) is 11.1 Å². The lowest BCUT2D eigenvalue weighted by atomic mass is 10.0. The molecule has 0 radical (unpaired) electrons. The molecule has 2 rings (SSSR count). The number of aryl methyl sites for hydroxylation is 2. The second-order valence-corrected chi connectivity index (χ2v) is 4.05. The maximum Gasteiger partial charge on any atom is 0.165 e. The zero-order chi connectivity index (χ0) is 11.7. The standard InChI is InChI=1S/C14H14O2/c1-9-3-5-11(6-4-9)12-7-10(2)8-13(15)14(12)16/h3-8,15-16H,1-2H3. The smallest absolute Gasteiger partial charge is 0.165 e. The van der Waals surface area contributed by atoms with Gasteiger partial charge >= 0.3 is 0 Å². The van der Waals surface area contributed by atoms with E-state index in [1.165, 1.54) is 5.56 Å². The maximum absolute atomic E-state index is 9.79. The van der Waals surface area contributed by atoms with E-state index < -0.39 is 0 Å². The molecule has 0 heterocycles. The van der Waals surface area contributed by atoms with E-state index in [4.69, 9.17) is 0 Å². The van der Waals surface area contributed by atoms with Crippen molar-refractivity contribution in [2.75, 3.05) is 0 Å². The maximum atomic E-state index is 9.79. The highest BCUT2D eigenvalue weighted by Crippen LogP contribution is 2.37. The molecule has 0 atom stereocenters. The molecule has 0 aromatic heterocycles. The average molecular weight is 214 g/mol. The molecule has 0 saturated carbocycles. The Bertz CT molecular complexity index is 513. The molecule has 0 saturated heterocycles. The molecule has 0 unspecified atom stereocenters. The van der Waals surface area contributed by atoms with Gasteiger partial charge in [0, 0.05) is 5.56 Å². The highest BCUT2D eigenvalue weighted by Gasteiger charge is 2.09. The van der Waals surface area contributed by atoms with Gasteiger partial charge in [0.05, 0.1) is 0 Å². The van der Waals surface area contributed by atoms with Crippen LogP contribution in [0.4, 0.5) is 0 Å². The fraction of sp³-hybridized carbons (Fsp3) is 0.143. The minimum Gasteiger partial charge on any atom is -0.504 e. The molecule has 0 aliphatic heterocycles. The quantitative estimate of drug-likeness (QED) is 0.714. The van der Waals surface area contributed by atoms with E-state index in [2.05, 4.69) is 0 Å². The number of rotatable bonds is 1. The topological polar surface area (TPSA) is 40.5 Å². The molecule has 16 heavy (non-hydrogen) atoms. The second kappa shape index (κ2) is 3.89. The van der Waals surface area contributed by atoms with Crippen LogP contribution in [0.2, 0.25) is 0 Å². The van der Waals surface area contributed by atoms with Crippen LogP contribution in [-0.4, -0.2) is 10.2 Å². The normalized spacial score (nSPS) is 10.4. The van der Waals surface area contributed by atoms with E-state index in [9.17, 15) is 10.2 Å². The number of hydrogen-bond donors (Lipinski definition) is 2. The molecule has 0 fully saturated rings. The first-order valence-corrected chi connectivity index (χ1v) is 5.17. The summed E-state index contributed by atoms with van der Waals surface area (Å²) in [5, 5.41) is 19.3. The monoisotopic (exact) mass is 214 g/mol. The van der Waals surface area contributed by atoms with E-state index in [1.54, 1.807) is 6.07 Å². The van der Waals surface area contributed by atoms with E-state index in [1.807, 2.05) is 44.2 Å². The van der Waals surface area contributed by atoms with E-state index >= 15 is 0 Å². The Balaban J connectivity index is 2.59. The van der Waals surface area contributed by atoms with E-state index in [-0.39, 0.29) is 11.5 Å². The first-order valence-electron chi connectivity index (χ1n) is 5.17. The van der Waals surface area contributed by atoms with Crippen molar-refractivity contribution in [2.45, 2.75) is 13.8 Å². The van der Waals surface area contributed by atoms with E-state index in [0.29, 0.717) is 5.56 Å². The summed E-state index contributed by atoms with van der Waals surface area (Å²) < 4.78 is 0. The zero-order valence-electron chi connectivity index (χ0n) is 9.36. The van der Waals surface area contributed by atoms with Crippen molar-refractivity contribution in [1.82, 2.24) is 0 Å². The molecule has 82 valence electrons. The van der Waals surface area contributed by atoms with Gasteiger partial charge in [0.2, 0.25) is 0 Å². The molecular weight excluding hydrogens is 200 g/mol. The molecule has 0 bridgehead atoms. The van der Waals surface area contributed by atoms with Gasteiger partial charge in [0.25, 0.3) is 0 Å². The van der Waals surface area contributed by atoms with Crippen molar-refractivity contribution < 1.29 is 10.2 Å². The van der Waals surface area contributed by atoms with Gasteiger partial charge in [-0.2, -0.15) is 0 Å². The Kier molecular flexibility index (Phi) is 2.57. The zero-order valence-corrected chi connectivity index (χ0v) is 9.36. The second-order valence-electron chi connectivity index (χ2n) is 4.05. The van der Waals surface area contributed by atoms with Crippen molar-refractivity contribution in [3.8, 4) is 22.6 Å². The van der Waals surface area contributed by atoms with Crippen LogP contribution in [0.5, 0.6) is 11.5 Å². The SMILES string of the molecule is Cc1ccc(-c2cc(C)cc(O)c2O)cc1. The van der Waals surface area contributed by atoms with Crippen LogP contribution in [0.15, 0.2) is 36.4 Å². The number of phenols is 2. The first kappa shape index (κ1) is 10.6. The summed E-state index contributed by atoms with van der Waals surface area (Å²) >= 11 is 0. The summed E-state index contributed by atoms with van der Waals surface area (Å²) in [5.74, 6) is -0.134. The highest BCUT2D eigenvalue weighted by atomic mass is 16.3. The van der Waals surface area contributed by atoms with Gasteiger partial charge in [-0.3, -0.25) is 0 Å². The predicted octanol–water partition coefficient (Wildman–Crippen LogP) is 3.38. The fourth-order valence-corrected chi connectivity index (χ4v) is 1.71. The number of aromatic hydroxyl groups is 2. The number of phenolic OH excluding ortho intramolecular Hbond substituents is 2. The van der Waals surface area contributed by atoms with Crippen molar-refractivity contribution in [3.05, 3.63) is 47.5 Å². The van der Waals surface area contributed by atoms with Gasteiger partial charge in [-0.1, -0.05) is 29.8 Å². The summed E-state index contributed by atoms with van der Waals surface area (Å²) in [7, 11) is 0. The van der Waals surface area contributed by atoms with Crippen molar-refractivity contribution >= 4 is 0 Å². The third-order valence-electron chi connectivity index (χ3n) is 2.60. The van der Waals surface area contributed by atoms with Gasteiger partial charge in [0.15, 0.2) is 11.5 Å². The van der Waals surface area contributed by atoms with Gasteiger partial charge in [0.1, 0.15) is 0 Å². The Morgan fingerprint density at radius 2 is 1.44 bits per heavy atom. The molecule has 0 amide bonds. The van der Waals surface area contributed by atoms with Crippen LogP contribution < -0.4 is 0 Å². The molecule has 2 aromatic rings. The van der Waals surface area contributed by atoms with Crippen molar-refractivity contribution in [3.63, 3.8) is 0 Å². The third-order valence-corrected chi connectivity index (χ3v) is 2.60. The van der Waals surface area contributed by atoms with E-state index in [0.717, 1.165) is 11.1 Å². The minimum absolute atomic E-state index is 0.0607.